The van der Waals surface area contributed by atoms with Crippen molar-refractivity contribution in [2.45, 2.75) is 39.5 Å². The summed E-state index contributed by atoms with van der Waals surface area (Å²) in [7, 11) is 2.23. The van der Waals surface area contributed by atoms with E-state index in [4.69, 9.17) is 4.74 Å². The molecule has 170 valence electrons. The molecule has 31 heavy (non-hydrogen) atoms. The molecular weight excluding hydrogens is 394 g/mol. The SMILES string of the molecule is CCOC(=O)CCc1c(C)nc2ncnn2c1N1CCN(C[C@H]2CCCN(C)C2)CC1. The van der Waals surface area contributed by atoms with E-state index in [1.54, 1.807) is 6.33 Å². The van der Waals surface area contributed by atoms with Crippen molar-refractivity contribution in [1.82, 2.24) is 29.4 Å². The van der Waals surface area contributed by atoms with Gasteiger partial charge in [-0.15, -0.1) is 0 Å². The summed E-state index contributed by atoms with van der Waals surface area (Å²) in [6, 6.07) is 0. The molecule has 0 radical (unpaired) electrons. The second-order valence-corrected chi connectivity index (χ2v) is 8.83. The van der Waals surface area contributed by atoms with Gasteiger partial charge in [0.1, 0.15) is 12.1 Å². The third-order valence-corrected chi connectivity index (χ3v) is 6.50. The maximum Gasteiger partial charge on any atom is 0.306 e. The molecule has 0 N–H and O–H groups in total. The van der Waals surface area contributed by atoms with Crippen LogP contribution in [-0.2, 0) is 16.0 Å². The Morgan fingerprint density at radius 2 is 2.03 bits per heavy atom. The van der Waals surface area contributed by atoms with Crippen LogP contribution in [0.5, 0.6) is 0 Å². The number of anilines is 1. The molecule has 0 saturated carbocycles. The first-order chi connectivity index (χ1) is 15.0. The van der Waals surface area contributed by atoms with Crippen LogP contribution in [0.4, 0.5) is 5.82 Å². The molecule has 2 aliphatic heterocycles. The van der Waals surface area contributed by atoms with Crippen LogP contribution in [0.25, 0.3) is 5.78 Å². The van der Waals surface area contributed by atoms with E-state index in [0.717, 1.165) is 49.2 Å². The molecule has 9 nitrogen and oxygen atoms in total. The van der Waals surface area contributed by atoms with E-state index >= 15 is 0 Å². The van der Waals surface area contributed by atoms with Crippen LogP contribution in [0, 0.1) is 12.8 Å². The van der Waals surface area contributed by atoms with E-state index < -0.39 is 0 Å². The number of piperidine rings is 1. The van der Waals surface area contributed by atoms with Crippen LogP contribution in [0.15, 0.2) is 6.33 Å². The average Bonchev–Trinajstić information content (AvgIpc) is 3.21. The van der Waals surface area contributed by atoms with Crippen molar-refractivity contribution in [3.8, 4) is 0 Å². The maximum absolute atomic E-state index is 12.0. The first-order valence-electron chi connectivity index (χ1n) is 11.6. The van der Waals surface area contributed by atoms with Gasteiger partial charge < -0.3 is 14.5 Å². The van der Waals surface area contributed by atoms with Gasteiger partial charge in [0.2, 0.25) is 0 Å². The van der Waals surface area contributed by atoms with Crippen molar-refractivity contribution in [3.05, 3.63) is 17.6 Å². The Balaban J connectivity index is 1.47. The minimum atomic E-state index is -0.172. The monoisotopic (exact) mass is 429 g/mol. The lowest BCUT2D eigenvalue weighted by atomic mass is 9.97. The molecule has 2 fully saturated rings. The Morgan fingerprint density at radius 1 is 1.23 bits per heavy atom. The first-order valence-corrected chi connectivity index (χ1v) is 11.6. The fourth-order valence-electron chi connectivity index (χ4n) is 4.98. The fraction of sp³-hybridized carbons (Fsp3) is 0.727. The van der Waals surface area contributed by atoms with Crippen molar-refractivity contribution in [3.63, 3.8) is 0 Å². The number of hydrogen-bond acceptors (Lipinski definition) is 8. The van der Waals surface area contributed by atoms with Crippen LogP contribution >= 0.6 is 0 Å². The van der Waals surface area contributed by atoms with Gasteiger partial charge in [0, 0.05) is 56.9 Å². The summed E-state index contributed by atoms with van der Waals surface area (Å²) < 4.78 is 6.97. The molecule has 2 saturated heterocycles. The Kier molecular flexibility index (Phi) is 7.02. The molecule has 1 atom stereocenters. The molecule has 2 aromatic heterocycles. The standard InChI is InChI=1S/C22H35N7O2/c1-4-31-20(30)8-7-19-17(2)25-22-23-16-24-29(22)21(19)28-12-10-27(11-13-28)15-18-6-5-9-26(3)14-18/h16,18H,4-15H2,1-3H3/t18-/m0/s1. The molecule has 4 rings (SSSR count). The quantitative estimate of drug-likeness (QED) is 0.611. The molecular formula is C22H35N7O2. The Hall–Kier alpha value is -2.26. The lowest BCUT2D eigenvalue weighted by molar-refractivity contribution is -0.143. The van der Waals surface area contributed by atoms with Crippen LogP contribution in [0.2, 0.25) is 0 Å². The summed E-state index contributed by atoms with van der Waals surface area (Å²) in [4.78, 5) is 28.4. The van der Waals surface area contributed by atoms with E-state index in [9.17, 15) is 4.79 Å². The largest absolute Gasteiger partial charge is 0.466 e. The third-order valence-electron chi connectivity index (χ3n) is 6.50. The van der Waals surface area contributed by atoms with Gasteiger partial charge in [0.15, 0.2) is 0 Å². The van der Waals surface area contributed by atoms with Crippen molar-refractivity contribution >= 4 is 17.6 Å². The highest BCUT2D eigenvalue weighted by Crippen LogP contribution is 2.26. The van der Waals surface area contributed by atoms with Gasteiger partial charge in [-0.1, -0.05) is 0 Å². The number of fused-ring (bicyclic) bond motifs is 1. The number of carbonyl (C=O) groups excluding carboxylic acids is 1. The summed E-state index contributed by atoms with van der Waals surface area (Å²) >= 11 is 0. The maximum atomic E-state index is 12.0. The molecule has 0 unspecified atom stereocenters. The van der Waals surface area contributed by atoms with Gasteiger partial charge in [-0.3, -0.25) is 9.69 Å². The molecule has 9 heteroatoms. The summed E-state index contributed by atoms with van der Waals surface area (Å²) in [6.45, 7) is 11.8. The summed E-state index contributed by atoms with van der Waals surface area (Å²) in [6.07, 6.45) is 5.14. The van der Waals surface area contributed by atoms with Crippen molar-refractivity contribution in [2.75, 3.05) is 64.4 Å². The zero-order valence-electron chi connectivity index (χ0n) is 19.1. The Labute approximate surface area is 184 Å². The fourth-order valence-corrected chi connectivity index (χ4v) is 4.98. The molecule has 0 aliphatic carbocycles. The summed E-state index contributed by atoms with van der Waals surface area (Å²) in [5.41, 5.74) is 1.97. The van der Waals surface area contributed by atoms with Crippen LogP contribution in [0.3, 0.4) is 0 Å². The zero-order chi connectivity index (χ0) is 21.8. The van der Waals surface area contributed by atoms with Gasteiger partial charge in [-0.25, -0.2) is 4.98 Å². The normalized spacial score (nSPS) is 21.0. The lowest BCUT2D eigenvalue weighted by Gasteiger charge is -2.39. The van der Waals surface area contributed by atoms with E-state index in [1.807, 2.05) is 18.4 Å². The van der Waals surface area contributed by atoms with E-state index in [0.29, 0.717) is 25.2 Å². The molecule has 0 amide bonds. The second kappa shape index (κ2) is 9.91. The minimum Gasteiger partial charge on any atom is -0.466 e. The van der Waals surface area contributed by atoms with Crippen LogP contribution in [-0.4, -0.2) is 94.8 Å². The highest BCUT2D eigenvalue weighted by atomic mass is 16.5. The van der Waals surface area contributed by atoms with Gasteiger partial charge in [-0.05, 0) is 52.6 Å². The topological polar surface area (TPSA) is 79.1 Å². The lowest BCUT2D eigenvalue weighted by Crippen LogP contribution is -2.50. The van der Waals surface area contributed by atoms with Crippen LogP contribution in [0.1, 0.15) is 37.4 Å². The van der Waals surface area contributed by atoms with Crippen LogP contribution < -0.4 is 4.90 Å². The number of aryl methyl sites for hydroxylation is 1. The van der Waals surface area contributed by atoms with E-state index in [2.05, 4.69) is 36.8 Å². The van der Waals surface area contributed by atoms with E-state index in [1.165, 1.54) is 32.5 Å². The zero-order valence-corrected chi connectivity index (χ0v) is 19.1. The smallest absolute Gasteiger partial charge is 0.306 e. The molecule has 2 aliphatic rings. The van der Waals surface area contributed by atoms with Gasteiger partial charge in [0.25, 0.3) is 5.78 Å². The molecule has 4 heterocycles. The van der Waals surface area contributed by atoms with Crippen molar-refractivity contribution in [2.24, 2.45) is 5.92 Å². The number of carbonyl (C=O) groups is 1. The Morgan fingerprint density at radius 3 is 2.77 bits per heavy atom. The number of rotatable bonds is 7. The minimum absolute atomic E-state index is 0.172. The molecule has 2 aromatic rings. The van der Waals surface area contributed by atoms with E-state index in [-0.39, 0.29) is 5.97 Å². The second-order valence-electron chi connectivity index (χ2n) is 8.83. The number of nitrogens with zero attached hydrogens (tertiary/aromatic N) is 7. The van der Waals surface area contributed by atoms with Gasteiger partial charge in [-0.2, -0.15) is 14.6 Å². The van der Waals surface area contributed by atoms with Crippen molar-refractivity contribution < 1.29 is 9.53 Å². The average molecular weight is 430 g/mol. The van der Waals surface area contributed by atoms with Crippen molar-refractivity contribution in [1.29, 1.82) is 0 Å². The number of aromatic nitrogens is 4. The number of hydrogen-bond donors (Lipinski definition) is 0. The highest BCUT2D eigenvalue weighted by molar-refractivity contribution is 5.70. The number of piperazine rings is 1. The predicted molar refractivity (Wildman–Crippen MR) is 119 cm³/mol. The molecule has 0 spiro atoms. The number of ether oxygens (including phenoxy) is 1. The number of likely N-dealkylation sites (tertiary alicyclic amines) is 1. The summed E-state index contributed by atoms with van der Waals surface area (Å²) in [5, 5.41) is 4.45. The first kappa shape index (κ1) is 22.0. The number of esters is 1. The molecule has 0 aromatic carbocycles. The Bertz CT molecular complexity index is 891. The predicted octanol–water partition coefficient (Wildman–Crippen LogP) is 1.39. The van der Waals surface area contributed by atoms with Gasteiger partial charge >= 0.3 is 5.97 Å². The van der Waals surface area contributed by atoms with Gasteiger partial charge in [0.05, 0.1) is 6.61 Å². The molecule has 0 bridgehead atoms. The summed E-state index contributed by atoms with van der Waals surface area (Å²) in [5.74, 6) is 2.24. The highest BCUT2D eigenvalue weighted by Gasteiger charge is 2.27. The third kappa shape index (κ3) is 5.15.